The fourth-order valence-electron chi connectivity index (χ4n) is 3.53. The molecule has 1 N–H and O–H groups in total. The largest absolute Gasteiger partial charge is 0.324 e. The number of carbonyl (C=O) groups is 2. The van der Waals surface area contributed by atoms with E-state index in [0.29, 0.717) is 17.5 Å². The molecule has 8 heteroatoms. The highest BCUT2D eigenvalue weighted by Gasteiger charge is 2.26. The average molecular weight is 396 g/mol. The number of nitrogens with one attached hydrogen (secondary N) is 1. The third kappa shape index (κ3) is 3.11. The van der Waals surface area contributed by atoms with Crippen molar-refractivity contribution in [1.29, 1.82) is 0 Å². The molecule has 1 saturated heterocycles. The van der Waals surface area contributed by atoms with Gasteiger partial charge in [0, 0.05) is 18.7 Å². The van der Waals surface area contributed by atoms with E-state index in [4.69, 9.17) is 11.6 Å². The first kappa shape index (κ1) is 17.2. The number of amides is 3. The van der Waals surface area contributed by atoms with Crippen LogP contribution in [0.15, 0.2) is 36.4 Å². The van der Waals surface area contributed by atoms with Gasteiger partial charge in [0.25, 0.3) is 0 Å². The van der Waals surface area contributed by atoms with E-state index in [1.54, 1.807) is 0 Å². The highest BCUT2D eigenvalue weighted by Crippen LogP contribution is 2.35. The lowest BCUT2D eigenvalue weighted by molar-refractivity contribution is -0.118. The first-order valence-corrected chi connectivity index (χ1v) is 9.66. The molecule has 0 radical (unpaired) electrons. The van der Waals surface area contributed by atoms with Gasteiger partial charge in [-0.1, -0.05) is 47.1 Å². The van der Waals surface area contributed by atoms with Crippen molar-refractivity contribution in [2.75, 3.05) is 6.54 Å². The number of nitrogens with zero attached hydrogens (tertiary/aromatic N) is 4. The lowest BCUT2D eigenvalue weighted by Crippen LogP contribution is -2.27. The zero-order valence-corrected chi connectivity index (χ0v) is 15.8. The first-order chi connectivity index (χ1) is 13.6. The van der Waals surface area contributed by atoms with E-state index in [-0.39, 0.29) is 18.5 Å². The Balaban J connectivity index is 1.39. The van der Waals surface area contributed by atoms with E-state index in [9.17, 15) is 9.59 Å². The Morgan fingerprint density at radius 2 is 1.89 bits per heavy atom. The summed E-state index contributed by atoms with van der Waals surface area (Å²) in [6.07, 6.45) is 2.51. The minimum absolute atomic E-state index is 0.0968. The second kappa shape index (κ2) is 6.60. The van der Waals surface area contributed by atoms with E-state index < -0.39 is 0 Å². The Morgan fingerprint density at radius 3 is 2.57 bits per heavy atom. The number of carbonyl (C=O) groups excluding carboxylic acids is 2. The Hall–Kier alpha value is -2.93. The van der Waals surface area contributed by atoms with Crippen molar-refractivity contribution < 1.29 is 9.59 Å². The molecule has 7 nitrogen and oxygen atoms in total. The smallest absolute Gasteiger partial charge is 0.311 e. The maximum atomic E-state index is 11.7. The van der Waals surface area contributed by atoms with E-state index in [0.717, 1.165) is 34.3 Å². The lowest BCUT2D eigenvalue weighted by atomic mass is 10.0. The fraction of sp³-hybridized carbons (Fsp3) is 0.300. The number of fused-ring (bicyclic) bond motifs is 1. The van der Waals surface area contributed by atoms with Crippen LogP contribution in [0, 0.1) is 5.92 Å². The van der Waals surface area contributed by atoms with Crippen molar-refractivity contribution in [2.24, 2.45) is 5.92 Å². The summed E-state index contributed by atoms with van der Waals surface area (Å²) in [7, 11) is 0. The molecule has 1 aliphatic heterocycles. The molecule has 1 aliphatic carbocycles. The van der Waals surface area contributed by atoms with Gasteiger partial charge in [-0.2, -0.15) is 0 Å². The number of aromatic nitrogens is 3. The van der Waals surface area contributed by atoms with Crippen molar-refractivity contribution in [3.05, 3.63) is 47.0 Å². The number of halogens is 1. The zero-order valence-electron chi connectivity index (χ0n) is 15.1. The van der Waals surface area contributed by atoms with Gasteiger partial charge in [0.2, 0.25) is 5.91 Å². The molecular formula is C20H18ClN5O2. The molecule has 5 rings (SSSR count). The molecule has 2 aromatic carbocycles. The van der Waals surface area contributed by atoms with Gasteiger partial charge in [-0.05, 0) is 36.0 Å². The number of hydrogen-bond acceptors (Lipinski definition) is 4. The molecule has 1 aromatic heterocycles. The maximum Gasteiger partial charge on any atom is 0.324 e. The molecule has 2 fully saturated rings. The standard InChI is InChI=1S/C20H18ClN5O2/c21-18-15(7-8-16-19(18)23-24-26(16)10-13-1-2-13)14-5-3-12(4-6-14)9-25-11-17(27)22-20(25)28/h3-8,13H,1-2,9-11H2,(H,22,27,28). The van der Waals surface area contributed by atoms with Crippen LogP contribution in [0.1, 0.15) is 18.4 Å². The van der Waals surface area contributed by atoms with E-state index in [2.05, 4.69) is 15.6 Å². The number of rotatable bonds is 5. The lowest BCUT2D eigenvalue weighted by Gasteiger charge is -2.13. The Morgan fingerprint density at radius 1 is 1.11 bits per heavy atom. The van der Waals surface area contributed by atoms with Crippen LogP contribution < -0.4 is 5.32 Å². The first-order valence-electron chi connectivity index (χ1n) is 9.28. The van der Waals surface area contributed by atoms with Gasteiger partial charge in [0.1, 0.15) is 12.1 Å². The summed E-state index contributed by atoms with van der Waals surface area (Å²) in [6.45, 7) is 1.38. The van der Waals surface area contributed by atoms with E-state index >= 15 is 0 Å². The van der Waals surface area contributed by atoms with Crippen LogP contribution in [0.4, 0.5) is 4.79 Å². The van der Waals surface area contributed by atoms with Gasteiger partial charge >= 0.3 is 6.03 Å². The summed E-state index contributed by atoms with van der Waals surface area (Å²) in [6, 6.07) is 11.5. The monoisotopic (exact) mass is 395 g/mol. The normalized spacial score (nSPS) is 16.8. The Bertz CT molecular complexity index is 1090. The Labute approximate surface area is 166 Å². The third-order valence-corrected chi connectivity index (χ3v) is 5.64. The molecule has 0 spiro atoms. The molecule has 28 heavy (non-hydrogen) atoms. The SMILES string of the molecule is O=C1CN(Cc2ccc(-c3ccc4c(nnn4CC4CC4)c3Cl)cc2)C(=O)N1. The van der Waals surface area contributed by atoms with Gasteiger partial charge in [0.15, 0.2) is 0 Å². The summed E-state index contributed by atoms with van der Waals surface area (Å²) < 4.78 is 1.94. The predicted molar refractivity (Wildman–Crippen MR) is 105 cm³/mol. The molecular weight excluding hydrogens is 378 g/mol. The highest BCUT2D eigenvalue weighted by molar-refractivity contribution is 6.37. The van der Waals surface area contributed by atoms with E-state index in [1.807, 2.05) is 41.1 Å². The molecule has 3 amide bonds. The van der Waals surface area contributed by atoms with Gasteiger partial charge in [0.05, 0.1) is 10.5 Å². The summed E-state index contributed by atoms with van der Waals surface area (Å²) in [5, 5.41) is 11.4. The highest BCUT2D eigenvalue weighted by atomic mass is 35.5. The predicted octanol–water partition coefficient (Wildman–Crippen LogP) is 3.21. The summed E-state index contributed by atoms with van der Waals surface area (Å²) in [5.74, 6) is 0.445. The summed E-state index contributed by atoms with van der Waals surface area (Å²) in [4.78, 5) is 24.5. The van der Waals surface area contributed by atoms with Gasteiger partial charge in [-0.15, -0.1) is 5.10 Å². The molecule has 3 aromatic rings. The Kier molecular flexibility index (Phi) is 4.05. The fourth-order valence-corrected chi connectivity index (χ4v) is 3.83. The molecule has 2 heterocycles. The zero-order chi connectivity index (χ0) is 19.3. The van der Waals surface area contributed by atoms with Crippen molar-refractivity contribution in [3.8, 4) is 11.1 Å². The molecule has 1 saturated carbocycles. The van der Waals surface area contributed by atoms with Crippen LogP contribution in [-0.2, 0) is 17.9 Å². The van der Waals surface area contributed by atoms with Crippen LogP contribution in [0.3, 0.4) is 0 Å². The number of benzene rings is 2. The number of urea groups is 1. The third-order valence-electron chi connectivity index (χ3n) is 5.26. The van der Waals surface area contributed by atoms with E-state index in [1.165, 1.54) is 17.7 Å². The molecule has 142 valence electrons. The summed E-state index contributed by atoms with van der Waals surface area (Å²) >= 11 is 6.64. The van der Waals surface area contributed by atoms with Gasteiger partial charge in [-0.3, -0.25) is 10.1 Å². The summed E-state index contributed by atoms with van der Waals surface area (Å²) in [5.41, 5.74) is 4.49. The second-order valence-corrected chi connectivity index (χ2v) is 7.79. The average Bonchev–Trinajstić information content (AvgIpc) is 3.32. The molecule has 0 bridgehead atoms. The number of hydrogen-bond donors (Lipinski definition) is 1. The van der Waals surface area contributed by atoms with Gasteiger partial charge in [-0.25, -0.2) is 9.48 Å². The van der Waals surface area contributed by atoms with Crippen LogP contribution in [0.25, 0.3) is 22.2 Å². The van der Waals surface area contributed by atoms with Crippen LogP contribution >= 0.6 is 11.6 Å². The van der Waals surface area contributed by atoms with Crippen LogP contribution in [0.5, 0.6) is 0 Å². The number of imide groups is 1. The van der Waals surface area contributed by atoms with Crippen LogP contribution in [-0.4, -0.2) is 38.4 Å². The second-order valence-electron chi connectivity index (χ2n) is 7.42. The molecule has 0 atom stereocenters. The van der Waals surface area contributed by atoms with Crippen molar-refractivity contribution in [3.63, 3.8) is 0 Å². The molecule has 2 aliphatic rings. The topological polar surface area (TPSA) is 80.1 Å². The van der Waals surface area contributed by atoms with Crippen molar-refractivity contribution in [1.82, 2.24) is 25.2 Å². The quantitative estimate of drug-likeness (QED) is 0.672. The van der Waals surface area contributed by atoms with Gasteiger partial charge < -0.3 is 4.90 Å². The van der Waals surface area contributed by atoms with Crippen molar-refractivity contribution in [2.45, 2.75) is 25.9 Å². The minimum atomic E-state index is -0.350. The maximum absolute atomic E-state index is 11.7. The van der Waals surface area contributed by atoms with Crippen molar-refractivity contribution >= 4 is 34.6 Å². The molecule has 0 unspecified atom stereocenters. The minimum Gasteiger partial charge on any atom is -0.311 e. The van der Waals surface area contributed by atoms with Crippen LogP contribution in [0.2, 0.25) is 5.02 Å².